The van der Waals surface area contributed by atoms with Crippen LogP contribution in [0.4, 0.5) is 0 Å². The smallest absolute Gasteiger partial charge is 0.261 e. The number of aromatic nitrogens is 4. The molecule has 12 nitrogen and oxygen atoms in total. The first-order valence-corrected chi connectivity index (χ1v) is 15.1. The second-order valence-electron chi connectivity index (χ2n) is 11.5. The fourth-order valence-electron chi connectivity index (χ4n) is 6.39. The summed E-state index contributed by atoms with van der Waals surface area (Å²) in [4.78, 5) is 63.3. The Kier molecular flexibility index (Phi) is 8.52. The van der Waals surface area contributed by atoms with Crippen molar-refractivity contribution in [2.24, 2.45) is 5.92 Å². The number of rotatable bonds is 5. The van der Waals surface area contributed by atoms with E-state index in [0.717, 1.165) is 36.1 Å². The number of H-pyrrole nitrogens is 1. The van der Waals surface area contributed by atoms with E-state index in [1.165, 1.54) is 6.33 Å². The zero-order valence-corrected chi connectivity index (χ0v) is 24.2. The van der Waals surface area contributed by atoms with Gasteiger partial charge >= 0.3 is 0 Å². The van der Waals surface area contributed by atoms with E-state index >= 15 is 0 Å². The fourth-order valence-corrected chi connectivity index (χ4v) is 6.39. The maximum Gasteiger partial charge on any atom is 0.261 e. The van der Waals surface area contributed by atoms with Crippen molar-refractivity contribution in [3.63, 3.8) is 0 Å². The van der Waals surface area contributed by atoms with Gasteiger partial charge in [-0.1, -0.05) is 12.1 Å². The average Bonchev–Trinajstić information content (AvgIpc) is 3.78. The van der Waals surface area contributed by atoms with Gasteiger partial charge in [-0.3, -0.25) is 23.9 Å². The van der Waals surface area contributed by atoms with Crippen molar-refractivity contribution >= 4 is 17.7 Å². The molecule has 1 aromatic carbocycles. The second-order valence-corrected chi connectivity index (χ2v) is 11.5. The zero-order valence-electron chi connectivity index (χ0n) is 24.2. The van der Waals surface area contributed by atoms with Crippen molar-refractivity contribution in [3.05, 3.63) is 75.7 Å². The van der Waals surface area contributed by atoms with Gasteiger partial charge in [-0.15, -0.1) is 0 Å². The van der Waals surface area contributed by atoms with Gasteiger partial charge in [0.2, 0.25) is 11.8 Å². The summed E-state index contributed by atoms with van der Waals surface area (Å²) in [5.41, 5.74) is 2.66. The molecular weight excluding hydrogens is 550 g/mol. The molecule has 43 heavy (non-hydrogen) atoms. The Morgan fingerprint density at radius 3 is 2.77 bits per heavy atom. The topological polar surface area (TPSA) is 143 Å². The van der Waals surface area contributed by atoms with Crippen LogP contribution in [0.15, 0.2) is 47.8 Å². The zero-order chi connectivity index (χ0) is 29.8. The molecule has 3 amide bonds. The van der Waals surface area contributed by atoms with Crippen LogP contribution < -0.4 is 15.6 Å². The number of carbonyl (C=O) groups is 3. The van der Waals surface area contributed by atoms with Crippen LogP contribution in [0, 0.1) is 5.92 Å². The van der Waals surface area contributed by atoms with E-state index in [1.54, 1.807) is 26.9 Å². The van der Waals surface area contributed by atoms with Gasteiger partial charge in [0.05, 0.1) is 12.5 Å². The van der Waals surface area contributed by atoms with E-state index in [-0.39, 0.29) is 47.9 Å². The molecule has 2 N–H and O–H groups in total. The number of fused-ring (bicyclic) bond motifs is 5. The molecule has 3 aromatic rings. The highest BCUT2D eigenvalue weighted by Gasteiger charge is 2.40. The van der Waals surface area contributed by atoms with Crippen LogP contribution >= 0.6 is 0 Å². The Hall–Kier alpha value is -4.48. The van der Waals surface area contributed by atoms with Gasteiger partial charge in [0.25, 0.3) is 11.5 Å². The third-order valence-corrected chi connectivity index (χ3v) is 8.67. The molecule has 6 rings (SSSR count). The monoisotopic (exact) mass is 587 g/mol. The summed E-state index contributed by atoms with van der Waals surface area (Å²) in [6.07, 6.45) is 7.27. The van der Waals surface area contributed by atoms with Gasteiger partial charge in [-0.25, -0.2) is 4.98 Å². The quantitative estimate of drug-likeness (QED) is 0.461. The molecule has 2 aliphatic heterocycles. The number of nitrogens with one attached hydrogen (secondary N) is 2. The van der Waals surface area contributed by atoms with Gasteiger partial charge in [-0.05, 0) is 61.4 Å². The second kappa shape index (κ2) is 12.8. The van der Waals surface area contributed by atoms with E-state index in [1.807, 2.05) is 24.3 Å². The summed E-state index contributed by atoms with van der Waals surface area (Å²) in [5, 5.41) is 7.11. The molecule has 0 spiro atoms. The van der Waals surface area contributed by atoms with Gasteiger partial charge in [-0.2, -0.15) is 5.10 Å². The molecule has 0 radical (unpaired) electrons. The van der Waals surface area contributed by atoms with Crippen molar-refractivity contribution in [2.45, 2.75) is 51.0 Å². The molecule has 2 bridgehead atoms. The summed E-state index contributed by atoms with van der Waals surface area (Å²) < 4.78 is 7.74. The largest absolute Gasteiger partial charge is 0.494 e. The van der Waals surface area contributed by atoms with Crippen LogP contribution in [0.2, 0.25) is 0 Å². The lowest BCUT2D eigenvalue weighted by atomic mass is 9.88. The molecule has 226 valence electrons. The number of aryl methyl sites for hydroxylation is 3. The Bertz CT molecular complexity index is 1540. The highest BCUT2D eigenvalue weighted by Crippen LogP contribution is 2.35. The van der Waals surface area contributed by atoms with E-state index in [2.05, 4.69) is 20.4 Å². The van der Waals surface area contributed by atoms with Crippen LogP contribution in [0.5, 0.6) is 5.75 Å². The maximum atomic E-state index is 13.6. The molecule has 4 heterocycles. The summed E-state index contributed by atoms with van der Waals surface area (Å²) >= 11 is 0. The molecule has 1 aliphatic carbocycles. The minimum atomic E-state index is -0.443. The van der Waals surface area contributed by atoms with Gasteiger partial charge in [0.1, 0.15) is 24.0 Å². The van der Waals surface area contributed by atoms with Crippen LogP contribution in [0.25, 0.3) is 0 Å². The number of likely N-dealkylation sites (tertiary alicyclic amines) is 1. The third-order valence-electron chi connectivity index (χ3n) is 8.67. The van der Waals surface area contributed by atoms with Crippen LogP contribution in [-0.4, -0.2) is 86.6 Å². The standard InChI is InChI=1S/C31H37N7O5/c39-28(9-3-12-38-20-32-19-34-38)37-17-25-21-5-1-7-23(15-21)43-14-4-11-36(13-10-33-29(40)26(25)18-37)31(42)24-16-22-6-2-8-27(22)35-30(24)41/h1,5,7,15-16,19-20,25-26H,2-4,6,8-14,17-18H2,(H,33,40)(H,35,41)/t25-,26+/m1/s1. The summed E-state index contributed by atoms with van der Waals surface area (Å²) in [5.74, 6) is -0.453. The summed E-state index contributed by atoms with van der Waals surface area (Å²) in [6.45, 7) is 2.63. The number of ether oxygens (including phenoxy) is 1. The number of hydrogen-bond acceptors (Lipinski definition) is 7. The lowest BCUT2D eigenvalue weighted by Gasteiger charge is -2.25. The van der Waals surface area contributed by atoms with E-state index in [0.29, 0.717) is 57.8 Å². The number of aromatic amines is 1. The number of benzene rings is 1. The molecule has 3 aliphatic rings. The minimum absolute atomic E-state index is 0.00192. The van der Waals surface area contributed by atoms with Gasteiger partial charge < -0.3 is 24.8 Å². The van der Waals surface area contributed by atoms with Crippen LogP contribution in [0.3, 0.4) is 0 Å². The Morgan fingerprint density at radius 2 is 1.91 bits per heavy atom. The first kappa shape index (κ1) is 28.6. The number of hydrogen-bond donors (Lipinski definition) is 2. The van der Waals surface area contributed by atoms with Crippen molar-refractivity contribution in [1.82, 2.24) is 34.9 Å². The molecule has 0 saturated carbocycles. The van der Waals surface area contributed by atoms with E-state index in [9.17, 15) is 19.2 Å². The normalized spacial score (nSPS) is 20.5. The van der Waals surface area contributed by atoms with Crippen LogP contribution in [-0.2, 0) is 29.0 Å². The fraction of sp³-hybridized carbons (Fsp3) is 0.484. The van der Waals surface area contributed by atoms with Crippen LogP contribution in [0.1, 0.15) is 58.8 Å². The number of carbonyl (C=O) groups excluding carboxylic acids is 3. The molecule has 2 aromatic heterocycles. The molecule has 1 fully saturated rings. The third kappa shape index (κ3) is 6.47. The maximum absolute atomic E-state index is 13.6. The minimum Gasteiger partial charge on any atom is -0.494 e. The molecule has 1 saturated heterocycles. The molecule has 12 heteroatoms. The van der Waals surface area contributed by atoms with E-state index in [4.69, 9.17) is 4.74 Å². The first-order chi connectivity index (χ1) is 21.0. The van der Waals surface area contributed by atoms with Crippen molar-refractivity contribution in [2.75, 3.05) is 39.3 Å². The predicted molar refractivity (Wildman–Crippen MR) is 157 cm³/mol. The van der Waals surface area contributed by atoms with E-state index < -0.39 is 5.92 Å². The highest BCUT2D eigenvalue weighted by molar-refractivity contribution is 5.94. The Balaban J connectivity index is 1.17. The van der Waals surface area contributed by atoms with Crippen molar-refractivity contribution in [1.29, 1.82) is 0 Å². The number of pyridine rings is 1. The lowest BCUT2D eigenvalue weighted by Crippen LogP contribution is -2.43. The van der Waals surface area contributed by atoms with Crippen molar-refractivity contribution < 1.29 is 19.1 Å². The summed E-state index contributed by atoms with van der Waals surface area (Å²) in [6, 6.07) is 9.44. The molecular formula is C31H37N7O5. The highest BCUT2D eigenvalue weighted by atomic mass is 16.5. The van der Waals surface area contributed by atoms with Crippen molar-refractivity contribution in [3.8, 4) is 5.75 Å². The number of amides is 3. The molecule has 0 unspecified atom stereocenters. The Labute approximate surface area is 249 Å². The molecule has 2 atom stereocenters. The lowest BCUT2D eigenvalue weighted by molar-refractivity contribution is -0.130. The van der Waals surface area contributed by atoms with Gasteiger partial charge in [0.15, 0.2) is 0 Å². The predicted octanol–water partition coefficient (Wildman–Crippen LogP) is 1.52. The summed E-state index contributed by atoms with van der Waals surface area (Å²) in [7, 11) is 0. The average molecular weight is 588 g/mol. The number of nitrogens with zero attached hydrogens (tertiary/aromatic N) is 5. The SMILES string of the molecule is O=C1NCCN(C(=O)c2cc3c([nH]c2=O)CCC3)CCCOc2cccc(c2)[C@H]2CN(C(=O)CCCn3cncn3)C[C@H]12. The Morgan fingerprint density at radius 1 is 1.02 bits per heavy atom. The first-order valence-electron chi connectivity index (χ1n) is 15.1. The van der Waals surface area contributed by atoms with Gasteiger partial charge in [0, 0.05) is 57.3 Å².